The maximum Gasteiger partial charge on any atom is 0.316 e. The summed E-state index contributed by atoms with van der Waals surface area (Å²) in [6, 6.07) is 0. The van der Waals surface area contributed by atoms with E-state index < -0.39 is 11.6 Å². The lowest BCUT2D eigenvalue weighted by Gasteiger charge is -2.19. The Kier molecular flexibility index (Phi) is 7.21. The highest BCUT2D eigenvalue weighted by atomic mass is 32.2. The zero-order valence-corrected chi connectivity index (χ0v) is 10.9. The van der Waals surface area contributed by atoms with Crippen LogP contribution in [0.3, 0.4) is 0 Å². The summed E-state index contributed by atoms with van der Waals surface area (Å²) < 4.78 is 5.13. The first-order chi connectivity index (χ1) is 7.31. The number of carboxylic acid groups (broad SMARTS) is 1. The molecule has 0 rings (SSSR count). The van der Waals surface area contributed by atoms with E-state index in [9.17, 15) is 9.59 Å². The number of carbonyl (C=O) groups is 2. The van der Waals surface area contributed by atoms with E-state index >= 15 is 0 Å². The Morgan fingerprint density at radius 3 is 2.38 bits per heavy atom. The van der Waals surface area contributed by atoms with E-state index in [4.69, 9.17) is 9.84 Å². The molecule has 0 aromatic rings. The Hall–Kier alpha value is -0.710. The van der Waals surface area contributed by atoms with E-state index in [1.807, 2.05) is 20.8 Å². The molecule has 0 heterocycles. The van der Waals surface area contributed by atoms with Crippen LogP contribution in [0.2, 0.25) is 0 Å². The molecule has 0 aromatic heterocycles. The summed E-state index contributed by atoms with van der Waals surface area (Å²) in [5.74, 6) is 0.157. The second kappa shape index (κ2) is 7.54. The fourth-order valence-corrected chi connectivity index (χ4v) is 1.78. The van der Waals surface area contributed by atoms with Gasteiger partial charge in [0.05, 0.1) is 5.75 Å². The van der Waals surface area contributed by atoms with Crippen LogP contribution < -0.4 is 0 Å². The number of thioether (sulfide) groups is 1. The summed E-state index contributed by atoms with van der Waals surface area (Å²) in [4.78, 5) is 21.5. The van der Waals surface area contributed by atoms with E-state index in [1.54, 1.807) is 0 Å². The van der Waals surface area contributed by atoms with Crippen molar-refractivity contribution >= 4 is 23.7 Å². The van der Waals surface area contributed by atoms with Crippen molar-refractivity contribution in [3.63, 3.8) is 0 Å². The van der Waals surface area contributed by atoms with Crippen molar-refractivity contribution in [3.8, 4) is 0 Å². The number of esters is 1. The van der Waals surface area contributed by atoms with Gasteiger partial charge < -0.3 is 9.84 Å². The predicted molar refractivity (Wildman–Crippen MR) is 64.7 cm³/mol. The number of ether oxygens (including phenoxy) is 1. The van der Waals surface area contributed by atoms with Gasteiger partial charge in [0.1, 0.15) is 5.60 Å². The number of hydrogen-bond donors (Lipinski definition) is 1. The zero-order chi connectivity index (χ0) is 12.6. The van der Waals surface area contributed by atoms with Crippen LogP contribution >= 0.6 is 11.8 Å². The minimum atomic E-state index is -0.767. The van der Waals surface area contributed by atoms with Crippen LogP contribution in [0.4, 0.5) is 0 Å². The Balaban J connectivity index is 3.38. The van der Waals surface area contributed by atoms with Gasteiger partial charge in [0.2, 0.25) is 0 Å². The lowest BCUT2D eigenvalue weighted by molar-refractivity contribution is -0.151. The van der Waals surface area contributed by atoms with Gasteiger partial charge in [-0.05, 0) is 39.4 Å². The fourth-order valence-electron chi connectivity index (χ4n) is 1.01. The molecule has 0 spiro atoms. The van der Waals surface area contributed by atoms with Crippen molar-refractivity contribution < 1.29 is 19.4 Å². The molecule has 0 atom stereocenters. The smallest absolute Gasteiger partial charge is 0.316 e. The molecule has 0 bridgehead atoms. The molecule has 0 aliphatic heterocycles. The number of hydrogen-bond acceptors (Lipinski definition) is 4. The van der Waals surface area contributed by atoms with E-state index in [2.05, 4.69) is 0 Å². The van der Waals surface area contributed by atoms with Gasteiger partial charge in [-0.15, -0.1) is 0 Å². The highest BCUT2D eigenvalue weighted by Gasteiger charge is 2.15. The number of carbonyl (C=O) groups excluding carboxylic acids is 1. The molecule has 5 heteroatoms. The molecule has 16 heavy (non-hydrogen) atoms. The fraction of sp³-hybridized carbons (Fsp3) is 0.818. The molecule has 0 fully saturated rings. The van der Waals surface area contributed by atoms with Gasteiger partial charge in [-0.2, -0.15) is 11.8 Å². The summed E-state index contributed by atoms with van der Waals surface area (Å²) in [6.07, 6.45) is 1.68. The van der Waals surface area contributed by atoms with Gasteiger partial charge >= 0.3 is 11.9 Å². The normalized spacial score (nSPS) is 11.2. The van der Waals surface area contributed by atoms with E-state index in [1.165, 1.54) is 11.8 Å². The van der Waals surface area contributed by atoms with Gasteiger partial charge in [0, 0.05) is 6.42 Å². The highest BCUT2D eigenvalue weighted by Crippen LogP contribution is 2.11. The maximum absolute atomic E-state index is 11.3. The van der Waals surface area contributed by atoms with Crippen molar-refractivity contribution in [1.82, 2.24) is 0 Å². The van der Waals surface area contributed by atoms with Crippen LogP contribution in [0, 0.1) is 0 Å². The van der Waals surface area contributed by atoms with Gasteiger partial charge in [0.15, 0.2) is 0 Å². The SMILES string of the molecule is CC(C)(C)OC(=O)CSCCCCC(=O)O. The molecule has 4 nitrogen and oxygen atoms in total. The largest absolute Gasteiger partial charge is 0.481 e. The van der Waals surface area contributed by atoms with Gasteiger partial charge in [-0.25, -0.2) is 0 Å². The van der Waals surface area contributed by atoms with Crippen LogP contribution in [0.1, 0.15) is 40.0 Å². The molecule has 0 amide bonds. The third-order valence-electron chi connectivity index (χ3n) is 1.57. The van der Waals surface area contributed by atoms with Crippen molar-refractivity contribution in [2.24, 2.45) is 0 Å². The molecule has 94 valence electrons. The van der Waals surface area contributed by atoms with Gasteiger partial charge in [-0.3, -0.25) is 9.59 Å². The minimum Gasteiger partial charge on any atom is -0.481 e. The minimum absolute atomic E-state index is 0.201. The number of aliphatic carboxylic acids is 1. The lowest BCUT2D eigenvalue weighted by atomic mass is 10.2. The molecule has 0 aliphatic rings. The first-order valence-corrected chi connectivity index (χ1v) is 6.48. The third kappa shape index (κ3) is 11.4. The topological polar surface area (TPSA) is 63.6 Å². The summed E-state index contributed by atoms with van der Waals surface area (Å²) >= 11 is 1.49. The van der Waals surface area contributed by atoms with Crippen LogP contribution in [-0.4, -0.2) is 34.2 Å². The van der Waals surface area contributed by atoms with Crippen LogP contribution in [-0.2, 0) is 14.3 Å². The second-order valence-corrected chi connectivity index (χ2v) is 5.60. The first-order valence-electron chi connectivity index (χ1n) is 5.32. The zero-order valence-electron chi connectivity index (χ0n) is 10.1. The quantitative estimate of drug-likeness (QED) is 0.553. The second-order valence-electron chi connectivity index (χ2n) is 4.49. The molecule has 0 aromatic carbocycles. The molecule has 0 saturated carbocycles. The molecule has 0 aliphatic carbocycles. The Morgan fingerprint density at radius 2 is 1.88 bits per heavy atom. The van der Waals surface area contributed by atoms with Crippen LogP contribution in [0.5, 0.6) is 0 Å². The van der Waals surface area contributed by atoms with Crippen molar-refractivity contribution in [1.29, 1.82) is 0 Å². The highest BCUT2D eigenvalue weighted by molar-refractivity contribution is 7.99. The molecule has 1 N–H and O–H groups in total. The van der Waals surface area contributed by atoms with E-state index in [0.29, 0.717) is 12.2 Å². The number of rotatable bonds is 7. The number of carboxylic acids is 1. The van der Waals surface area contributed by atoms with Crippen molar-refractivity contribution in [2.75, 3.05) is 11.5 Å². The maximum atomic E-state index is 11.3. The molecule has 0 radical (unpaired) electrons. The number of unbranched alkanes of at least 4 members (excludes halogenated alkanes) is 1. The molecule has 0 saturated heterocycles. The summed E-state index contributed by atoms with van der Waals surface area (Å²) in [5.41, 5.74) is -0.430. The predicted octanol–water partition coefficient (Wildman–Crippen LogP) is 2.32. The standard InChI is InChI=1S/C11H20O4S/c1-11(2,3)15-10(14)8-16-7-5-4-6-9(12)13/h4-8H2,1-3H3,(H,12,13). The van der Waals surface area contributed by atoms with Crippen molar-refractivity contribution in [3.05, 3.63) is 0 Å². The monoisotopic (exact) mass is 248 g/mol. The summed E-state index contributed by atoms with van der Waals surface area (Å²) in [7, 11) is 0. The van der Waals surface area contributed by atoms with Gasteiger partial charge in [0.25, 0.3) is 0 Å². The van der Waals surface area contributed by atoms with E-state index in [-0.39, 0.29) is 12.4 Å². The summed E-state index contributed by atoms with van der Waals surface area (Å²) in [6.45, 7) is 5.51. The first kappa shape index (κ1) is 15.3. The lowest BCUT2D eigenvalue weighted by Crippen LogP contribution is -2.25. The molecular weight excluding hydrogens is 228 g/mol. The average molecular weight is 248 g/mol. The molecule has 0 unspecified atom stereocenters. The van der Waals surface area contributed by atoms with Crippen molar-refractivity contribution in [2.45, 2.75) is 45.6 Å². The van der Waals surface area contributed by atoms with Crippen LogP contribution in [0.25, 0.3) is 0 Å². The molecular formula is C11H20O4S. The third-order valence-corrected chi connectivity index (χ3v) is 2.59. The Morgan fingerprint density at radius 1 is 1.25 bits per heavy atom. The Labute approximate surface area is 101 Å². The average Bonchev–Trinajstić information content (AvgIpc) is 2.07. The summed E-state index contributed by atoms with van der Waals surface area (Å²) in [5, 5.41) is 8.40. The van der Waals surface area contributed by atoms with Crippen LogP contribution in [0.15, 0.2) is 0 Å². The van der Waals surface area contributed by atoms with E-state index in [0.717, 1.165) is 12.2 Å². The Bertz CT molecular complexity index is 233. The van der Waals surface area contributed by atoms with Gasteiger partial charge in [-0.1, -0.05) is 0 Å².